The van der Waals surface area contributed by atoms with E-state index in [2.05, 4.69) is 0 Å². The lowest BCUT2D eigenvalue weighted by molar-refractivity contribution is -0.132. The quantitative estimate of drug-likeness (QED) is 0.355. The number of fused-ring (bicyclic) bond motifs is 1. The molecule has 3 aromatic rings. The molecular weight excluding hydrogens is 428 g/mol. The van der Waals surface area contributed by atoms with Crippen LogP contribution in [0.5, 0.6) is 5.75 Å². The second-order valence-corrected chi connectivity index (χ2v) is 8.05. The number of anilines is 1. The molecule has 166 valence electrons. The van der Waals surface area contributed by atoms with Gasteiger partial charge in [-0.1, -0.05) is 24.3 Å². The van der Waals surface area contributed by atoms with E-state index in [0.29, 0.717) is 29.9 Å². The van der Waals surface area contributed by atoms with Crippen molar-refractivity contribution in [1.29, 1.82) is 0 Å². The third-order valence-electron chi connectivity index (χ3n) is 6.07. The van der Waals surface area contributed by atoms with Gasteiger partial charge in [-0.25, -0.2) is 8.78 Å². The van der Waals surface area contributed by atoms with Crippen molar-refractivity contribution in [2.45, 2.75) is 19.4 Å². The van der Waals surface area contributed by atoms with Crippen molar-refractivity contribution < 1.29 is 28.2 Å². The number of ketones is 1. The van der Waals surface area contributed by atoms with Gasteiger partial charge in [0.05, 0.1) is 18.2 Å². The number of carbonyl (C=O) groups excluding carboxylic acids is 2. The Morgan fingerprint density at radius 2 is 1.82 bits per heavy atom. The maximum atomic E-state index is 14.0. The maximum absolute atomic E-state index is 14.0. The highest BCUT2D eigenvalue weighted by atomic mass is 19.2. The lowest BCUT2D eigenvalue weighted by atomic mass is 9.92. The molecule has 1 N–H and O–H groups in total. The number of halogens is 2. The first kappa shape index (κ1) is 20.9. The SMILES string of the molecule is Cc1ccccc1C1/C(=C(\O)c2ccc3c(c2)CCO3)C(=O)C(=O)N1c1ccc(F)c(F)c1. The molecule has 2 aliphatic rings. The Morgan fingerprint density at radius 3 is 2.58 bits per heavy atom. The van der Waals surface area contributed by atoms with E-state index in [9.17, 15) is 23.5 Å². The van der Waals surface area contributed by atoms with Crippen LogP contribution in [0.25, 0.3) is 5.76 Å². The number of aliphatic hydroxyl groups excluding tert-OH is 1. The van der Waals surface area contributed by atoms with E-state index in [1.165, 1.54) is 6.07 Å². The van der Waals surface area contributed by atoms with Gasteiger partial charge in [0.1, 0.15) is 11.5 Å². The van der Waals surface area contributed by atoms with E-state index in [0.717, 1.165) is 28.2 Å². The van der Waals surface area contributed by atoms with Crippen LogP contribution in [-0.2, 0) is 16.0 Å². The van der Waals surface area contributed by atoms with Crippen LogP contribution in [0.15, 0.2) is 66.2 Å². The summed E-state index contributed by atoms with van der Waals surface area (Å²) in [6.45, 7) is 2.34. The molecule has 1 unspecified atom stereocenters. The number of ether oxygens (including phenoxy) is 1. The van der Waals surface area contributed by atoms with E-state index in [1.54, 1.807) is 30.3 Å². The van der Waals surface area contributed by atoms with Crippen molar-refractivity contribution in [2.75, 3.05) is 11.5 Å². The third-order valence-corrected chi connectivity index (χ3v) is 6.07. The lowest BCUT2D eigenvalue weighted by Crippen LogP contribution is -2.30. The number of hydrogen-bond acceptors (Lipinski definition) is 4. The molecule has 1 saturated heterocycles. The minimum atomic E-state index is -1.14. The molecule has 1 amide bonds. The van der Waals surface area contributed by atoms with Gasteiger partial charge < -0.3 is 9.84 Å². The fourth-order valence-corrected chi connectivity index (χ4v) is 4.41. The zero-order valence-electron chi connectivity index (χ0n) is 17.6. The highest BCUT2D eigenvalue weighted by molar-refractivity contribution is 6.51. The van der Waals surface area contributed by atoms with Crippen molar-refractivity contribution in [2.24, 2.45) is 0 Å². The summed E-state index contributed by atoms with van der Waals surface area (Å²) in [7, 11) is 0. The van der Waals surface area contributed by atoms with Crippen LogP contribution in [0.2, 0.25) is 0 Å². The van der Waals surface area contributed by atoms with Crippen LogP contribution in [0.1, 0.15) is 28.3 Å². The number of aryl methyl sites for hydroxylation is 1. The van der Waals surface area contributed by atoms with Crippen molar-refractivity contribution in [3.05, 3.63) is 100 Å². The van der Waals surface area contributed by atoms with Crippen LogP contribution in [0.3, 0.4) is 0 Å². The topological polar surface area (TPSA) is 66.8 Å². The molecule has 5 rings (SSSR count). The summed E-state index contributed by atoms with van der Waals surface area (Å²) in [4.78, 5) is 27.4. The van der Waals surface area contributed by atoms with E-state index in [1.807, 2.05) is 19.1 Å². The Morgan fingerprint density at radius 1 is 1.03 bits per heavy atom. The molecule has 0 saturated carbocycles. The Labute approximate surface area is 188 Å². The summed E-state index contributed by atoms with van der Waals surface area (Å²) < 4.78 is 33.1. The smallest absolute Gasteiger partial charge is 0.300 e. The Hall–Kier alpha value is -4.00. The molecule has 0 aliphatic carbocycles. The number of rotatable bonds is 3. The van der Waals surface area contributed by atoms with Crippen molar-refractivity contribution >= 4 is 23.1 Å². The zero-order chi connectivity index (χ0) is 23.3. The van der Waals surface area contributed by atoms with Crippen molar-refractivity contribution in [1.82, 2.24) is 0 Å². The second-order valence-electron chi connectivity index (χ2n) is 8.05. The van der Waals surface area contributed by atoms with Crippen LogP contribution in [0, 0.1) is 18.6 Å². The van der Waals surface area contributed by atoms with Crippen molar-refractivity contribution in [3.8, 4) is 5.75 Å². The van der Waals surface area contributed by atoms with Gasteiger partial charge in [0, 0.05) is 23.7 Å². The predicted octanol–water partition coefficient (Wildman–Crippen LogP) is 4.83. The summed E-state index contributed by atoms with van der Waals surface area (Å²) in [6.07, 6.45) is 0.668. The molecule has 0 spiro atoms. The molecule has 0 radical (unpaired) electrons. The van der Waals surface area contributed by atoms with E-state index >= 15 is 0 Å². The van der Waals surface area contributed by atoms with E-state index in [-0.39, 0.29) is 17.0 Å². The van der Waals surface area contributed by atoms with Gasteiger partial charge in [0.25, 0.3) is 11.7 Å². The number of carbonyl (C=O) groups is 2. The van der Waals surface area contributed by atoms with Crippen LogP contribution in [-0.4, -0.2) is 23.4 Å². The molecule has 3 aromatic carbocycles. The van der Waals surface area contributed by atoms with Gasteiger partial charge >= 0.3 is 0 Å². The maximum Gasteiger partial charge on any atom is 0.300 e. The molecule has 1 atom stereocenters. The minimum Gasteiger partial charge on any atom is -0.507 e. The average Bonchev–Trinajstić information content (AvgIpc) is 3.38. The fraction of sp³-hybridized carbons (Fsp3) is 0.154. The van der Waals surface area contributed by atoms with Gasteiger partial charge in [0.15, 0.2) is 11.6 Å². The average molecular weight is 447 g/mol. The summed E-state index contributed by atoms with van der Waals surface area (Å²) in [6, 6.07) is 14.2. The standard InChI is InChI=1S/C26H19F2NO4/c1-14-4-2-3-5-18(14)23-22(24(30)16-6-9-21-15(12-16)10-11-33-21)25(31)26(32)29(23)17-7-8-19(27)20(28)13-17/h2-9,12-13,23,30H,10-11H2,1H3/b24-22+. The Balaban J connectivity index is 1.73. The molecule has 0 aromatic heterocycles. The van der Waals surface area contributed by atoms with Gasteiger partial charge in [0.2, 0.25) is 0 Å². The summed E-state index contributed by atoms with van der Waals surface area (Å²) in [5, 5.41) is 11.2. The number of hydrogen-bond donors (Lipinski definition) is 1. The van der Waals surface area contributed by atoms with Gasteiger partial charge in [-0.3, -0.25) is 14.5 Å². The van der Waals surface area contributed by atoms with Gasteiger partial charge in [-0.2, -0.15) is 0 Å². The molecule has 0 bridgehead atoms. The summed E-state index contributed by atoms with van der Waals surface area (Å²) >= 11 is 0. The Kier molecular flexibility index (Phi) is 4.96. The zero-order valence-corrected chi connectivity index (χ0v) is 17.6. The minimum absolute atomic E-state index is 0.0191. The van der Waals surface area contributed by atoms with E-state index < -0.39 is 29.4 Å². The molecule has 1 fully saturated rings. The molecule has 5 nitrogen and oxygen atoms in total. The first-order valence-corrected chi connectivity index (χ1v) is 10.4. The Bertz CT molecular complexity index is 1350. The highest BCUT2D eigenvalue weighted by Gasteiger charge is 2.47. The molecular formula is C26H19F2NO4. The number of benzene rings is 3. The van der Waals surface area contributed by atoms with Crippen LogP contribution in [0.4, 0.5) is 14.5 Å². The summed E-state index contributed by atoms with van der Waals surface area (Å²) in [5.41, 5.74) is 2.53. The number of amides is 1. The molecule has 2 aliphatic heterocycles. The van der Waals surface area contributed by atoms with Crippen LogP contribution < -0.4 is 9.64 Å². The monoisotopic (exact) mass is 447 g/mol. The first-order chi connectivity index (χ1) is 15.9. The number of aliphatic hydroxyl groups is 1. The number of Topliss-reactive ketones (excluding diaryl/α,β-unsaturated/α-hetero) is 1. The van der Waals surface area contributed by atoms with Gasteiger partial charge in [-0.05, 0) is 53.9 Å². The second kappa shape index (κ2) is 7.85. The van der Waals surface area contributed by atoms with Crippen LogP contribution >= 0.6 is 0 Å². The molecule has 33 heavy (non-hydrogen) atoms. The van der Waals surface area contributed by atoms with Gasteiger partial charge in [-0.15, -0.1) is 0 Å². The highest BCUT2D eigenvalue weighted by Crippen LogP contribution is 2.43. The number of nitrogens with zero attached hydrogens (tertiary/aromatic N) is 1. The van der Waals surface area contributed by atoms with Crippen molar-refractivity contribution in [3.63, 3.8) is 0 Å². The van der Waals surface area contributed by atoms with E-state index in [4.69, 9.17) is 4.74 Å². The normalized spacial score (nSPS) is 19.0. The summed E-state index contributed by atoms with van der Waals surface area (Å²) in [5.74, 6) is -3.66. The third kappa shape index (κ3) is 3.36. The molecule has 2 heterocycles. The molecule has 7 heteroatoms. The fourth-order valence-electron chi connectivity index (χ4n) is 4.41. The lowest BCUT2D eigenvalue weighted by Gasteiger charge is -2.26. The predicted molar refractivity (Wildman–Crippen MR) is 118 cm³/mol. The largest absolute Gasteiger partial charge is 0.507 e. The first-order valence-electron chi connectivity index (χ1n) is 10.4.